The van der Waals surface area contributed by atoms with Gasteiger partial charge in [0.15, 0.2) is 0 Å². The molecule has 0 aliphatic heterocycles. The summed E-state index contributed by atoms with van der Waals surface area (Å²) in [6.45, 7) is 0. The van der Waals surface area contributed by atoms with Gasteiger partial charge in [-0.25, -0.2) is 4.39 Å². The molecule has 0 bridgehead atoms. The number of thiophene rings is 1. The predicted octanol–water partition coefficient (Wildman–Crippen LogP) is 4.38. The van der Waals surface area contributed by atoms with Gasteiger partial charge in [0.2, 0.25) is 0 Å². The summed E-state index contributed by atoms with van der Waals surface area (Å²) in [5, 5.41) is 3.36. The Morgan fingerprint density at radius 2 is 1.84 bits per heavy atom. The van der Waals surface area contributed by atoms with Gasteiger partial charge in [-0.3, -0.25) is 0 Å². The van der Waals surface area contributed by atoms with Crippen LogP contribution in [-0.2, 0) is 6.18 Å². The maximum absolute atomic E-state index is 13.4. The maximum atomic E-state index is 13.4. The number of hydrogen-bond acceptors (Lipinski definition) is 2. The first-order valence-corrected chi connectivity index (χ1v) is 5.99. The lowest BCUT2D eigenvalue weighted by Crippen LogP contribution is -2.19. The van der Waals surface area contributed by atoms with Gasteiger partial charge in [-0.1, -0.05) is 12.1 Å². The van der Waals surface area contributed by atoms with Crippen LogP contribution in [0.3, 0.4) is 0 Å². The molecular formula is C12H10ClF4NS. The Morgan fingerprint density at radius 1 is 1.16 bits per heavy atom. The van der Waals surface area contributed by atoms with Crippen LogP contribution in [0.2, 0.25) is 0 Å². The van der Waals surface area contributed by atoms with Crippen molar-refractivity contribution in [2.75, 3.05) is 0 Å². The van der Waals surface area contributed by atoms with Crippen LogP contribution in [0, 0.1) is 5.82 Å². The minimum atomic E-state index is -4.76. The SMILES string of the molecule is Cl.N[C@@H](c1ccsc1)c1cccc(F)c1C(F)(F)F. The number of nitrogens with two attached hydrogens (primary N) is 1. The monoisotopic (exact) mass is 311 g/mol. The Hall–Kier alpha value is -1.11. The zero-order valence-electron chi connectivity index (χ0n) is 9.45. The number of benzene rings is 1. The Balaban J connectivity index is 0.00000180. The molecule has 0 unspecified atom stereocenters. The Morgan fingerprint density at radius 3 is 2.37 bits per heavy atom. The second-order valence-corrected chi connectivity index (χ2v) is 4.52. The fraction of sp³-hybridized carbons (Fsp3) is 0.167. The highest BCUT2D eigenvalue weighted by molar-refractivity contribution is 7.08. The van der Waals surface area contributed by atoms with Crippen LogP contribution in [0.1, 0.15) is 22.7 Å². The topological polar surface area (TPSA) is 26.0 Å². The smallest absolute Gasteiger partial charge is 0.320 e. The highest BCUT2D eigenvalue weighted by Crippen LogP contribution is 2.37. The molecule has 0 aliphatic rings. The average molecular weight is 312 g/mol. The lowest BCUT2D eigenvalue weighted by atomic mass is 9.96. The summed E-state index contributed by atoms with van der Waals surface area (Å²) in [6, 6.07) is 3.86. The Bertz CT molecular complexity index is 539. The molecule has 0 aliphatic carbocycles. The summed E-state index contributed by atoms with van der Waals surface area (Å²) in [7, 11) is 0. The summed E-state index contributed by atoms with van der Waals surface area (Å²) in [6.07, 6.45) is -4.76. The highest BCUT2D eigenvalue weighted by Gasteiger charge is 2.38. The third-order valence-electron chi connectivity index (χ3n) is 2.57. The number of hydrogen-bond donors (Lipinski definition) is 1. The van der Waals surface area contributed by atoms with E-state index < -0.39 is 23.6 Å². The molecule has 7 heteroatoms. The van der Waals surface area contributed by atoms with Crippen molar-refractivity contribution in [2.24, 2.45) is 5.73 Å². The molecule has 19 heavy (non-hydrogen) atoms. The Labute approximate surface area is 117 Å². The van der Waals surface area contributed by atoms with Gasteiger partial charge >= 0.3 is 6.18 Å². The van der Waals surface area contributed by atoms with Gasteiger partial charge in [0.25, 0.3) is 0 Å². The second kappa shape index (κ2) is 5.90. The van der Waals surface area contributed by atoms with Gasteiger partial charge in [0.05, 0.1) is 11.6 Å². The molecule has 2 aromatic rings. The lowest BCUT2D eigenvalue weighted by Gasteiger charge is -2.18. The lowest BCUT2D eigenvalue weighted by molar-refractivity contribution is -0.140. The molecule has 0 saturated carbocycles. The van der Waals surface area contributed by atoms with E-state index in [2.05, 4.69) is 0 Å². The molecule has 1 aromatic carbocycles. The van der Waals surface area contributed by atoms with E-state index in [-0.39, 0.29) is 18.0 Å². The van der Waals surface area contributed by atoms with Crippen LogP contribution in [0.15, 0.2) is 35.0 Å². The third kappa shape index (κ3) is 3.26. The van der Waals surface area contributed by atoms with Gasteiger partial charge in [0.1, 0.15) is 5.82 Å². The molecule has 1 atom stereocenters. The van der Waals surface area contributed by atoms with Crippen molar-refractivity contribution in [3.63, 3.8) is 0 Å². The molecule has 2 N–H and O–H groups in total. The van der Waals surface area contributed by atoms with Gasteiger partial charge in [-0.05, 0) is 34.0 Å². The van der Waals surface area contributed by atoms with Crippen molar-refractivity contribution in [1.29, 1.82) is 0 Å². The van der Waals surface area contributed by atoms with E-state index in [9.17, 15) is 17.6 Å². The molecule has 1 nitrogen and oxygen atoms in total. The fourth-order valence-corrected chi connectivity index (χ4v) is 2.43. The predicted molar refractivity (Wildman–Crippen MR) is 69.0 cm³/mol. The van der Waals surface area contributed by atoms with Crippen LogP contribution >= 0.6 is 23.7 Å². The van der Waals surface area contributed by atoms with Gasteiger partial charge in [-0.2, -0.15) is 24.5 Å². The van der Waals surface area contributed by atoms with E-state index in [1.165, 1.54) is 23.5 Å². The molecule has 0 fully saturated rings. The van der Waals surface area contributed by atoms with Gasteiger partial charge in [0, 0.05) is 0 Å². The van der Waals surface area contributed by atoms with Crippen LogP contribution in [0.5, 0.6) is 0 Å². The van der Waals surface area contributed by atoms with E-state index in [1.54, 1.807) is 16.8 Å². The third-order valence-corrected chi connectivity index (χ3v) is 3.27. The minimum absolute atomic E-state index is 0. The summed E-state index contributed by atoms with van der Waals surface area (Å²) < 4.78 is 51.8. The first-order chi connectivity index (χ1) is 8.41. The molecule has 0 radical (unpaired) electrons. The summed E-state index contributed by atoms with van der Waals surface area (Å²) >= 11 is 1.33. The van der Waals surface area contributed by atoms with Crippen LogP contribution in [0.4, 0.5) is 17.6 Å². The number of rotatable bonds is 2. The summed E-state index contributed by atoms with van der Waals surface area (Å²) in [5.74, 6) is -1.30. The largest absolute Gasteiger partial charge is 0.419 e. The van der Waals surface area contributed by atoms with E-state index in [4.69, 9.17) is 5.73 Å². The first kappa shape index (κ1) is 15.9. The molecule has 0 spiro atoms. The normalized spacial score (nSPS) is 12.9. The van der Waals surface area contributed by atoms with Crippen LogP contribution in [-0.4, -0.2) is 0 Å². The standard InChI is InChI=1S/C12H9F4NS.ClH/c13-9-3-1-2-8(10(9)12(14,15)16)11(17)7-4-5-18-6-7;/h1-6,11H,17H2;1H/t11-;/m0./s1. The molecule has 0 saturated heterocycles. The highest BCUT2D eigenvalue weighted by atomic mass is 35.5. The van der Waals surface area contributed by atoms with E-state index in [0.717, 1.165) is 6.07 Å². The second-order valence-electron chi connectivity index (χ2n) is 3.74. The minimum Gasteiger partial charge on any atom is -0.320 e. The number of halogens is 5. The Kier molecular flexibility index (Phi) is 4.95. The molecule has 2 rings (SSSR count). The van der Waals surface area contributed by atoms with Crippen molar-refractivity contribution < 1.29 is 17.6 Å². The van der Waals surface area contributed by atoms with Crippen LogP contribution in [0.25, 0.3) is 0 Å². The molecule has 1 heterocycles. The number of alkyl halides is 3. The molecule has 1 aromatic heterocycles. The summed E-state index contributed by atoms with van der Waals surface area (Å²) in [4.78, 5) is 0. The van der Waals surface area contributed by atoms with Gasteiger partial charge < -0.3 is 5.73 Å². The van der Waals surface area contributed by atoms with E-state index >= 15 is 0 Å². The van der Waals surface area contributed by atoms with Crippen molar-refractivity contribution >= 4 is 23.7 Å². The molecular weight excluding hydrogens is 302 g/mol. The quantitative estimate of drug-likeness (QED) is 0.819. The summed E-state index contributed by atoms with van der Waals surface area (Å²) in [5.41, 5.74) is 4.77. The first-order valence-electron chi connectivity index (χ1n) is 5.04. The van der Waals surface area contributed by atoms with Crippen molar-refractivity contribution in [1.82, 2.24) is 0 Å². The van der Waals surface area contributed by atoms with Crippen molar-refractivity contribution in [3.05, 3.63) is 57.5 Å². The fourth-order valence-electron chi connectivity index (χ4n) is 1.73. The average Bonchev–Trinajstić information content (AvgIpc) is 2.79. The van der Waals surface area contributed by atoms with E-state index in [0.29, 0.717) is 5.56 Å². The van der Waals surface area contributed by atoms with Crippen molar-refractivity contribution in [2.45, 2.75) is 12.2 Å². The van der Waals surface area contributed by atoms with Crippen LogP contribution < -0.4 is 5.73 Å². The molecule has 104 valence electrons. The van der Waals surface area contributed by atoms with E-state index in [1.807, 2.05) is 0 Å². The maximum Gasteiger partial charge on any atom is 0.419 e. The zero-order valence-corrected chi connectivity index (χ0v) is 11.1. The van der Waals surface area contributed by atoms with Crippen molar-refractivity contribution in [3.8, 4) is 0 Å². The zero-order chi connectivity index (χ0) is 13.3. The van der Waals surface area contributed by atoms with Gasteiger partial charge in [-0.15, -0.1) is 12.4 Å². The molecule has 0 amide bonds.